The highest BCUT2D eigenvalue weighted by molar-refractivity contribution is 9.09. The third-order valence-corrected chi connectivity index (χ3v) is 2.84. The van der Waals surface area contributed by atoms with Gasteiger partial charge in [-0.1, -0.05) is 15.9 Å². The number of alkyl halides is 1. The van der Waals surface area contributed by atoms with Gasteiger partial charge in [-0.3, -0.25) is 4.79 Å². The molecule has 0 aliphatic rings. The molecule has 0 aromatic heterocycles. The molecule has 1 amide bonds. The normalized spacial score (nSPS) is 12.2. The number of carbonyl (C=O) groups is 1. The van der Waals surface area contributed by atoms with Crippen LogP contribution < -0.4 is 5.32 Å². The summed E-state index contributed by atoms with van der Waals surface area (Å²) in [5, 5.41) is 2.74. The van der Waals surface area contributed by atoms with E-state index in [1.165, 1.54) is 18.2 Å². The Hall–Kier alpha value is -0.940. The Morgan fingerprint density at radius 2 is 2.29 bits per heavy atom. The maximum atomic E-state index is 13.0. The SMILES string of the molecule is COCC(Br)CNC(=O)c1ccc(F)c(C)c1. The molecule has 0 heterocycles. The molecule has 5 heteroatoms. The van der Waals surface area contributed by atoms with Gasteiger partial charge in [-0.15, -0.1) is 0 Å². The molecule has 0 bridgehead atoms. The molecule has 1 atom stereocenters. The number of amides is 1. The van der Waals surface area contributed by atoms with Gasteiger partial charge in [-0.25, -0.2) is 4.39 Å². The number of halogens is 2. The predicted octanol–water partition coefficient (Wildman–Crippen LogP) is 2.27. The van der Waals surface area contributed by atoms with Crippen LogP contribution in [0.3, 0.4) is 0 Å². The van der Waals surface area contributed by atoms with Crippen molar-refractivity contribution < 1.29 is 13.9 Å². The summed E-state index contributed by atoms with van der Waals surface area (Å²) >= 11 is 3.37. The summed E-state index contributed by atoms with van der Waals surface area (Å²) in [6.45, 7) is 2.61. The van der Waals surface area contributed by atoms with Crippen molar-refractivity contribution in [2.45, 2.75) is 11.8 Å². The van der Waals surface area contributed by atoms with Crippen LogP contribution in [0.25, 0.3) is 0 Å². The summed E-state index contributed by atoms with van der Waals surface area (Å²) in [7, 11) is 1.60. The zero-order valence-corrected chi connectivity index (χ0v) is 11.4. The number of hydrogen-bond acceptors (Lipinski definition) is 2. The molecule has 1 unspecified atom stereocenters. The summed E-state index contributed by atoms with van der Waals surface area (Å²) in [4.78, 5) is 11.8. The zero-order valence-electron chi connectivity index (χ0n) is 9.80. The second-order valence-electron chi connectivity index (χ2n) is 3.73. The van der Waals surface area contributed by atoms with Gasteiger partial charge in [-0.2, -0.15) is 0 Å². The van der Waals surface area contributed by atoms with Gasteiger partial charge in [0.2, 0.25) is 0 Å². The van der Waals surface area contributed by atoms with Gasteiger partial charge in [0, 0.05) is 19.2 Å². The second kappa shape index (κ2) is 6.71. The summed E-state index contributed by atoms with van der Waals surface area (Å²) in [5.41, 5.74) is 0.922. The van der Waals surface area contributed by atoms with Gasteiger partial charge in [-0.05, 0) is 30.7 Å². The van der Waals surface area contributed by atoms with Crippen LogP contribution >= 0.6 is 15.9 Å². The van der Waals surface area contributed by atoms with Crippen LogP contribution in [0.5, 0.6) is 0 Å². The van der Waals surface area contributed by atoms with Crippen molar-refractivity contribution in [3.63, 3.8) is 0 Å². The highest BCUT2D eigenvalue weighted by Gasteiger charge is 2.09. The number of hydrogen-bond donors (Lipinski definition) is 1. The minimum absolute atomic E-state index is 0.0676. The van der Waals surface area contributed by atoms with E-state index in [9.17, 15) is 9.18 Å². The van der Waals surface area contributed by atoms with E-state index in [1.54, 1.807) is 14.0 Å². The smallest absolute Gasteiger partial charge is 0.251 e. The molecule has 0 saturated carbocycles. The van der Waals surface area contributed by atoms with Gasteiger partial charge >= 0.3 is 0 Å². The monoisotopic (exact) mass is 303 g/mol. The number of methoxy groups -OCH3 is 1. The zero-order chi connectivity index (χ0) is 12.8. The Bertz CT molecular complexity index is 398. The average Bonchev–Trinajstić information content (AvgIpc) is 2.30. The second-order valence-corrected chi connectivity index (χ2v) is 5.02. The Kier molecular flexibility index (Phi) is 5.58. The molecule has 1 aromatic rings. The van der Waals surface area contributed by atoms with Gasteiger partial charge in [0.15, 0.2) is 0 Å². The molecule has 1 aromatic carbocycles. The summed E-state index contributed by atoms with van der Waals surface area (Å²) < 4.78 is 17.9. The maximum Gasteiger partial charge on any atom is 0.251 e. The average molecular weight is 304 g/mol. The Morgan fingerprint density at radius 1 is 1.59 bits per heavy atom. The standard InChI is InChI=1S/C12H15BrFNO2/c1-8-5-9(3-4-11(8)14)12(16)15-6-10(13)7-17-2/h3-5,10H,6-7H2,1-2H3,(H,15,16). The first-order valence-electron chi connectivity index (χ1n) is 5.22. The Morgan fingerprint density at radius 3 is 2.88 bits per heavy atom. The van der Waals surface area contributed by atoms with E-state index < -0.39 is 0 Å². The van der Waals surface area contributed by atoms with Crippen LogP contribution in [0.2, 0.25) is 0 Å². The van der Waals surface area contributed by atoms with E-state index >= 15 is 0 Å². The first kappa shape index (κ1) is 14.1. The summed E-state index contributed by atoms with van der Waals surface area (Å²) in [6.07, 6.45) is 0. The van der Waals surface area contributed by atoms with E-state index in [2.05, 4.69) is 21.2 Å². The highest BCUT2D eigenvalue weighted by atomic mass is 79.9. The molecule has 0 fully saturated rings. The highest BCUT2D eigenvalue weighted by Crippen LogP contribution is 2.09. The van der Waals surface area contributed by atoms with Crippen molar-refractivity contribution in [1.82, 2.24) is 5.32 Å². The number of carbonyl (C=O) groups excluding carboxylic acids is 1. The van der Waals surface area contributed by atoms with E-state index in [1.807, 2.05) is 0 Å². The van der Waals surface area contributed by atoms with Crippen molar-refractivity contribution in [3.8, 4) is 0 Å². The van der Waals surface area contributed by atoms with Gasteiger partial charge in [0.25, 0.3) is 5.91 Å². The molecule has 0 aliphatic carbocycles. The third-order valence-electron chi connectivity index (χ3n) is 2.25. The van der Waals surface area contributed by atoms with E-state index in [0.29, 0.717) is 24.3 Å². The molecule has 0 aliphatic heterocycles. The van der Waals surface area contributed by atoms with E-state index in [4.69, 9.17) is 4.74 Å². The molecule has 17 heavy (non-hydrogen) atoms. The van der Waals surface area contributed by atoms with Crippen LogP contribution in [-0.4, -0.2) is 31.0 Å². The van der Waals surface area contributed by atoms with Crippen molar-refractivity contribution in [3.05, 3.63) is 35.1 Å². The van der Waals surface area contributed by atoms with Crippen LogP contribution in [0.15, 0.2) is 18.2 Å². The molecule has 0 radical (unpaired) electrons. The number of ether oxygens (including phenoxy) is 1. The largest absolute Gasteiger partial charge is 0.383 e. The Labute approximate surface area is 108 Å². The summed E-state index contributed by atoms with van der Waals surface area (Å²) in [5.74, 6) is -0.520. The minimum Gasteiger partial charge on any atom is -0.383 e. The van der Waals surface area contributed by atoms with Crippen molar-refractivity contribution >= 4 is 21.8 Å². The van der Waals surface area contributed by atoms with E-state index in [-0.39, 0.29) is 16.6 Å². The number of benzene rings is 1. The van der Waals surface area contributed by atoms with Gasteiger partial charge in [0.05, 0.1) is 11.4 Å². The third kappa shape index (κ3) is 4.44. The van der Waals surface area contributed by atoms with Crippen molar-refractivity contribution in [1.29, 1.82) is 0 Å². The molecule has 1 rings (SSSR count). The lowest BCUT2D eigenvalue weighted by atomic mass is 10.1. The van der Waals surface area contributed by atoms with E-state index in [0.717, 1.165) is 0 Å². The topological polar surface area (TPSA) is 38.3 Å². The van der Waals surface area contributed by atoms with Crippen LogP contribution in [0, 0.1) is 12.7 Å². The molecular weight excluding hydrogens is 289 g/mol. The lowest BCUT2D eigenvalue weighted by Gasteiger charge is -2.10. The van der Waals surface area contributed by atoms with Crippen molar-refractivity contribution in [2.75, 3.05) is 20.3 Å². The fraction of sp³-hybridized carbons (Fsp3) is 0.417. The predicted molar refractivity (Wildman–Crippen MR) is 68.1 cm³/mol. The lowest BCUT2D eigenvalue weighted by molar-refractivity contribution is 0.0950. The first-order valence-corrected chi connectivity index (χ1v) is 6.13. The number of rotatable bonds is 5. The van der Waals surface area contributed by atoms with Gasteiger partial charge in [0.1, 0.15) is 5.82 Å². The minimum atomic E-state index is -0.306. The van der Waals surface area contributed by atoms with Crippen LogP contribution in [0.4, 0.5) is 4.39 Å². The molecule has 0 spiro atoms. The maximum absolute atomic E-state index is 13.0. The molecular formula is C12H15BrFNO2. The lowest BCUT2D eigenvalue weighted by Crippen LogP contribution is -2.31. The van der Waals surface area contributed by atoms with Gasteiger partial charge < -0.3 is 10.1 Å². The fourth-order valence-electron chi connectivity index (χ4n) is 1.33. The number of aryl methyl sites for hydroxylation is 1. The van der Waals surface area contributed by atoms with Crippen molar-refractivity contribution in [2.24, 2.45) is 0 Å². The fourth-order valence-corrected chi connectivity index (χ4v) is 1.76. The first-order chi connectivity index (χ1) is 8.04. The quantitative estimate of drug-likeness (QED) is 0.848. The molecule has 1 N–H and O–H groups in total. The number of nitrogens with one attached hydrogen (secondary N) is 1. The van der Waals surface area contributed by atoms with Crippen LogP contribution in [-0.2, 0) is 4.74 Å². The summed E-state index contributed by atoms with van der Waals surface area (Å²) in [6, 6.07) is 4.30. The Balaban J connectivity index is 2.55. The van der Waals surface area contributed by atoms with Crippen LogP contribution in [0.1, 0.15) is 15.9 Å². The molecule has 94 valence electrons. The molecule has 0 saturated heterocycles. The molecule has 3 nitrogen and oxygen atoms in total.